The number of nitrogens with zero attached hydrogens (tertiary/aromatic N) is 1. The summed E-state index contributed by atoms with van der Waals surface area (Å²) in [5, 5.41) is 2.62. The SMILES string of the molecule is Cc1ccc(C(=O)N2[C@@H](C(=O)NC3CC3)CS[C@H]2c2cccc(F)c2)cc1. The molecule has 4 rings (SSSR count). The molecule has 1 aliphatic carbocycles. The molecular weight excluding hydrogens is 363 g/mol. The van der Waals surface area contributed by atoms with E-state index in [9.17, 15) is 14.0 Å². The van der Waals surface area contributed by atoms with Crippen LogP contribution in [-0.4, -0.2) is 34.6 Å². The summed E-state index contributed by atoms with van der Waals surface area (Å²) in [6, 6.07) is 13.2. The maximum absolute atomic E-state index is 13.8. The van der Waals surface area contributed by atoms with Crippen molar-refractivity contribution in [3.05, 3.63) is 71.0 Å². The second-order valence-corrected chi connectivity index (χ2v) is 8.23. The number of carbonyl (C=O) groups excluding carboxylic acids is 2. The van der Waals surface area contributed by atoms with Crippen LogP contribution in [0.3, 0.4) is 0 Å². The first kappa shape index (κ1) is 18.0. The number of hydrogen-bond acceptors (Lipinski definition) is 3. The first-order chi connectivity index (χ1) is 13.0. The number of amides is 2. The summed E-state index contributed by atoms with van der Waals surface area (Å²) < 4.78 is 13.8. The lowest BCUT2D eigenvalue weighted by Gasteiger charge is -2.29. The Morgan fingerprint density at radius 2 is 1.89 bits per heavy atom. The van der Waals surface area contributed by atoms with Gasteiger partial charge in [-0.05, 0) is 49.6 Å². The van der Waals surface area contributed by atoms with Gasteiger partial charge in [-0.25, -0.2) is 4.39 Å². The molecule has 2 aliphatic rings. The molecule has 0 unspecified atom stereocenters. The van der Waals surface area contributed by atoms with Crippen molar-refractivity contribution in [2.75, 3.05) is 5.75 Å². The zero-order valence-corrected chi connectivity index (χ0v) is 15.8. The predicted molar refractivity (Wildman–Crippen MR) is 104 cm³/mol. The zero-order valence-electron chi connectivity index (χ0n) is 15.0. The quantitative estimate of drug-likeness (QED) is 0.875. The minimum atomic E-state index is -0.558. The average molecular weight is 384 g/mol. The number of thioether (sulfide) groups is 1. The van der Waals surface area contributed by atoms with Crippen molar-refractivity contribution in [1.82, 2.24) is 10.2 Å². The van der Waals surface area contributed by atoms with Gasteiger partial charge >= 0.3 is 0 Å². The molecule has 0 bridgehead atoms. The van der Waals surface area contributed by atoms with Crippen LogP contribution in [0.25, 0.3) is 0 Å². The molecular formula is C21H21FN2O2S. The number of benzene rings is 2. The van der Waals surface area contributed by atoms with Crippen LogP contribution in [0.5, 0.6) is 0 Å². The largest absolute Gasteiger partial charge is 0.352 e. The number of aryl methyl sites for hydroxylation is 1. The number of rotatable bonds is 4. The molecule has 6 heteroatoms. The fourth-order valence-corrected chi connectivity index (χ4v) is 4.66. The maximum Gasteiger partial charge on any atom is 0.255 e. The molecule has 0 aromatic heterocycles. The number of halogens is 1. The van der Waals surface area contributed by atoms with Crippen molar-refractivity contribution in [3.63, 3.8) is 0 Å². The highest BCUT2D eigenvalue weighted by atomic mass is 32.2. The van der Waals surface area contributed by atoms with E-state index in [2.05, 4.69) is 5.32 Å². The molecule has 2 amide bonds. The van der Waals surface area contributed by atoms with Crippen LogP contribution >= 0.6 is 11.8 Å². The lowest BCUT2D eigenvalue weighted by atomic mass is 10.1. The summed E-state index contributed by atoms with van der Waals surface area (Å²) in [5.74, 6) is -0.173. The second-order valence-electron chi connectivity index (χ2n) is 7.12. The minimum absolute atomic E-state index is 0.121. The van der Waals surface area contributed by atoms with Gasteiger partial charge in [-0.3, -0.25) is 9.59 Å². The van der Waals surface area contributed by atoms with E-state index in [0.29, 0.717) is 16.9 Å². The summed E-state index contributed by atoms with van der Waals surface area (Å²) in [7, 11) is 0. The summed E-state index contributed by atoms with van der Waals surface area (Å²) >= 11 is 1.50. The van der Waals surface area contributed by atoms with Crippen LogP contribution in [0.4, 0.5) is 4.39 Å². The van der Waals surface area contributed by atoms with Crippen molar-refractivity contribution >= 4 is 23.6 Å². The Kier molecular flexibility index (Phi) is 4.91. The molecule has 2 fully saturated rings. The van der Waals surface area contributed by atoms with Gasteiger partial charge in [0.1, 0.15) is 17.2 Å². The van der Waals surface area contributed by atoms with E-state index in [1.807, 2.05) is 19.1 Å². The van der Waals surface area contributed by atoms with Crippen molar-refractivity contribution in [2.24, 2.45) is 0 Å². The molecule has 140 valence electrons. The van der Waals surface area contributed by atoms with Gasteiger partial charge < -0.3 is 10.2 Å². The first-order valence-electron chi connectivity index (χ1n) is 9.10. The summed E-state index contributed by atoms with van der Waals surface area (Å²) in [6.07, 6.45) is 1.98. The van der Waals surface area contributed by atoms with Crippen LogP contribution < -0.4 is 5.32 Å². The normalized spacial score (nSPS) is 21.9. The number of hydrogen-bond donors (Lipinski definition) is 1. The van der Waals surface area contributed by atoms with E-state index < -0.39 is 6.04 Å². The zero-order chi connectivity index (χ0) is 19.0. The Bertz CT molecular complexity index is 867. The standard InChI is InChI=1S/C21H21FN2O2S/c1-13-5-7-14(8-6-13)20(26)24-18(19(25)23-17-9-10-17)12-27-21(24)15-3-2-4-16(22)11-15/h2-8,11,17-18,21H,9-10,12H2,1H3,(H,23,25)/t18-,21+/m1/s1. The molecule has 1 heterocycles. The van der Waals surface area contributed by atoms with Crippen LogP contribution in [0.15, 0.2) is 48.5 Å². The first-order valence-corrected chi connectivity index (χ1v) is 10.1. The molecule has 1 N–H and O–H groups in total. The smallest absolute Gasteiger partial charge is 0.255 e. The third kappa shape index (κ3) is 3.86. The topological polar surface area (TPSA) is 49.4 Å². The summed E-state index contributed by atoms with van der Waals surface area (Å²) in [5.41, 5.74) is 2.29. The van der Waals surface area contributed by atoms with Crippen LogP contribution in [0.1, 0.15) is 39.7 Å². The molecule has 1 saturated heterocycles. The van der Waals surface area contributed by atoms with E-state index in [1.54, 1.807) is 29.2 Å². The summed E-state index contributed by atoms with van der Waals surface area (Å²) in [6.45, 7) is 1.96. The molecule has 0 radical (unpaired) electrons. The monoisotopic (exact) mass is 384 g/mol. The average Bonchev–Trinajstić information content (AvgIpc) is 3.35. The van der Waals surface area contributed by atoms with E-state index in [1.165, 1.54) is 23.9 Å². The van der Waals surface area contributed by atoms with E-state index in [-0.39, 0.29) is 29.0 Å². The Morgan fingerprint density at radius 3 is 2.56 bits per heavy atom. The minimum Gasteiger partial charge on any atom is -0.352 e. The molecule has 0 spiro atoms. The maximum atomic E-state index is 13.8. The fourth-order valence-electron chi connectivity index (χ4n) is 3.24. The van der Waals surface area contributed by atoms with Crippen molar-refractivity contribution in [1.29, 1.82) is 0 Å². The number of nitrogens with one attached hydrogen (secondary N) is 1. The molecule has 1 saturated carbocycles. The van der Waals surface area contributed by atoms with Gasteiger partial charge in [-0.1, -0.05) is 29.8 Å². The van der Waals surface area contributed by atoms with Gasteiger partial charge in [-0.2, -0.15) is 0 Å². The molecule has 27 heavy (non-hydrogen) atoms. The van der Waals surface area contributed by atoms with Crippen molar-refractivity contribution in [2.45, 2.75) is 37.2 Å². The molecule has 2 atom stereocenters. The van der Waals surface area contributed by atoms with Gasteiger partial charge in [0.25, 0.3) is 5.91 Å². The molecule has 1 aliphatic heterocycles. The Balaban J connectivity index is 1.67. The highest BCUT2D eigenvalue weighted by Gasteiger charge is 2.43. The van der Waals surface area contributed by atoms with Gasteiger partial charge in [-0.15, -0.1) is 11.8 Å². The van der Waals surface area contributed by atoms with Crippen LogP contribution in [-0.2, 0) is 4.79 Å². The highest BCUT2D eigenvalue weighted by molar-refractivity contribution is 7.99. The Hall–Kier alpha value is -2.34. The van der Waals surface area contributed by atoms with E-state index in [0.717, 1.165) is 18.4 Å². The van der Waals surface area contributed by atoms with Gasteiger partial charge in [0.05, 0.1) is 0 Å². The molecule has 2 aromatic rings. The van der Waals surface area contributed by atoms with Crippen LogP contribution in [0.2, 0.25) is 0 Å². The Labute approximate surface area is 162 Å². The third-order valence-electron chi connectivity index (χ3n) is 4.89. The summed E-state index contributed by atoms with van der Waals surface area (Å²) in [4.78, 5) is 27.6. The van der Waals surface area contributed by atoms with Crippen molar-refractivity contribution in [3.8, 4) is 0 Å². The van der Waals surface area contributed by atoms with Gasteiger partial charge in [0, 0.05) is 17.4 Å². The fraction of sp³-hybridized carbons (Fsp3) is 0.333. The van der Waals surface area contributed by atoms with E-state index in [4.69, 9.17) is 0 Å². The van der Waals surface area contributed by atoms with E-state index >= 15 is 0 Å². The predicted octanol–water partition coefficient (Wildman–Crippen LogP) is 3.67. The van der Waals surface area contributed by atoms with Crippen LogP contribution in [0, 0.1) is 12.7 Å². The van der Waals surface area contributed by atoms with Gasteiger partial charge in [0.15, 0.2) is 0 Å². The molecule has 4 nitrogen and oxygen atoms in total. The van der Waals surface area contributed by atoms with Gasteiger partial charge in [0.2, 0.25) is 5.91 Å². The number of carbonyl (C=O) groups is 2. The molecule has 2 aromatic carbocycles. The van der Waals surface area contributed by atoms with Crippen molar-refractivity contribution < 1.29 is 14.0 Å². The Morgan fingerprint density at radius 1 is 1.15 bits per heavy atom. The third-order valence-corrected chi connectivity index (χ3v) is 6.22. The lowest BCUT2D eigenvalue weighted by molar-refractivity contribution is -0.125. The second kappa shape index (κ2) is 7.35. The highest BCUT2D eigenvalue weighted by Crippen LogP contribution is 2.42. The lowest BCUT2D eigenvalue weighted by Crippen LogP contribution is -2.48.